The maximum absolute atomic E-state index is 13.0. The standard InChI is InChI=1S/C19H17N5O2S/c20-8-13-10-22-19-16(18(13)23-12-14-9-21-11-17(14)23)6-7-24(19)27(25,26)15-4-2-1-3-5-15/h1-7,10,14,17,21H,9,11-12H2. The minimum Gasteiger partial charge on any atom is -0.365 e. The first-order chi connectivity index (χ1) is 13.1. The van der Waals surface area contributed by atoms with Crippen molar-refractivity contribution in [2.24, 2.45) is 5.92 Å². The lowest BCUT2D eigenvalue weighted by Gasteiger charge is -2.46. The van der Waals surface area contributed by atoms with E-state index in [1.807, 2.05) is 0 Å². The summed E-state index contributed by atoms with van der Waals surface area (Å²) in [6.07, 6.45) is 3.00. The van der Waals surface area contributed by atoms with Crippen molar-refractivity contribution in [1.29, 1.82) is 5.26 Å². The molecule has 2 aromatic heterocycles. The Morgan fingerprint density at radius 1 is 1.19 bits per heavy atom. The number of fused-ring (bicyclic) bond motifs is 2. The average Bonchev–Trinajstić information content (AvgIpc) is 3.27. The molecule has 0 saturated carbocycles. The Labute approximate surface area is 156 Å². The van der Waals surface area contributed by atoms with Gasteiger partial charge in [0.2, 0.25) is 0 Å². The maximum atomic E-state index is 13.0. The van der Waals surface area contributed by atoms with E-state index in [-0.39, 0.29) is 4.90 Å². The zero-order chi connectivity index (χ0) is 18.6. The van der Waals surface area contributed by atoms with Gasteiger partial charge in [-0.15, -0.1) is 0 Å². The molecular weight excluding hydrogens is 362 g/mol. The van der Waals surface area contributed by atoms with Crippen molar-refractivity contribution in [2.45, 2.75) is 10.9 Å². The Morgan fingerprint density at radius 2 is 2.00 bits per heavy atom. The van der Waals surface area contributed by atoms with Gasteiger partial charge in [-0.1, -0.05) is 18.2 Å². The lowest BCUT2D eigenvalue weighted by atomic mass is 9.90. The first kappa shape index (κ1) is 16.3. The molecule has 5 rings (SSSR count). The van der Waals surface area contributed by atoms with Gasteiger partial charge in [0.15, 0.2) is 5.65 Å². The molecular formula is C19H17N5O2S. The van der Waals surface area contributed by atoms with Crippen LogP contribution in [0.1, 0.15) is 5.56 Å². The van der Waals surface area contributed by atoms with Crippen LogP contribution in [0.2, 0.25) is 0 Å². The molecule has 2 fully saturated rings. The van der Waals surface area contributed by atoms with E-state index < -0.39 is 10.0 Å². The highest BCUT2D eigenvalue weighted by molar-refractivity contribution is 7.90. The molecule has 2 atom stereocenters. The van der Waals surface area contributed by atoms with Crippen molar-refractivity contribution in [3.05, 3.63) is 54.4 Å². The topological polar surface area (TPSA) is 91.0 Å². The molecule has 2 aliphatic rings. The van der Waals surface area contributed by atoms with Crippen molar-refractivity contribution in [3.8, 4) is 6.07 Å². The molecule has 0 radical (unpaired) electrons. The minimum atomic E-state index is -3.75. The van der Waals surface area contributed by atoms with E-state index in [1.54, 1.807) is 36.4 Å². The molecule has 2 aliphatic heterocycles. The molecule has 4 heterocycles. The van der Waals surface area contributed by atoms with Gasteiger partial charge in [0.1, 0.15) is 6.07 Å². The number of anilines is 1. The van der Waals surface area contributed by atoms with Gasteiger partial charge in [-0.05, 0) is 18.2 Å². The van der Waals surface area contributed by atoms with Crippen LogP contribution in [0.25, 0.3) is 11.0 Å². The summed E-state index contributed by atoms with van der Waals surface area (Å²) in [6, 6.07) is 12.6. The van der Waals surface area contributed by atoms with Crippen molar-refractivity contribution < 1.29 is 8.42 Å². The first-order valence-electron chi connectivity index (χ1n) is 8.79. The Bertz CT molecular complexity index is 1180. The maximum Gasteiger partial charge on any atom is 0.269 e. The van der Waals surface area contributed by atoms with E-state index in [9.17, 15) is 13.7 Å². The lowest BCUT2D eigenvalue weighted by molar-refractivity contribution is 0.366. The Balaban J connectivity index is 1.68. The van der Waals surface area contributed by atoms with Gasteiger partial charge < -0.3 is 10.2 Å². The molecule has 8 heteroatoms. The van der Waals surface area contributed by atoms with E-state index in [0.717, 1.165) is 25.3 Å². The van der Waals surface area contributed by atoms with E-state index in [0.29, 0.717) is 28.6 Å². The fourth-order valence-corrected chi connectivity index (χ4v) is 5.44. The van der Waals surface area contributed by atoms with Crippen LogP contribution in [0.3, 0.4) is 0 Å². The third-order valence-corrected chi connectivity index (χ3v) is 7.18. The third kappa shape index (κ3) is 2.29. The number of benzene rings is 1. The highest BCUT2D eigenvalue weighted by Crippen LogP contribution is 2.39. The largest absolute Gasteiger partial charge is 0.365 e. The fourth-order valence-electron chi connectivity index (χ4n) is 4.12. The SMILES string of the molecule is N#Cc1cnc2c(ccn2S(=O)(=O)c2ccccc2)c1N1CC2CNCC21. The van der Waals surface area contributed by atoms with Gasteiger partial charge in [0.05, 0.1) is 16.1 Å². The summed E-state index contributed by atoms with van der Waals surface area (Å²) >= 11 is 0. The number of hydrogen-bond acceptors (Lipinski definition) is 6. The van der Waals surface area contributed by atoms with E-state index in [4.69, 9.17) is 0 Å². The number of nitriles is 1. The predicted molar refractivity (Wildman–Crippen MR) is 101 cm³/mol. The summed E-state index contributed by atoms with van der Waals surface area (Å²) in [5.74, 6) is 0.579. The monoisotopic (exact) mass is 379 g/mol. The molecule has 1 aromatic carbocycles. The Hall–Kier alpha value is -2.89. The number of nitrogens with one attached hydrogen (secondary N) is 1. The van der Waals surface area contributed by atoms with E-state index in [1.165, 1.54) is 16.4 Å². The van der Waals surface area contributed by atoms with Crippen LogP contribution >= 0.6 is 0 Å². The number of pyridine rings is 1. The first-order valence-corrected chi connectivity index (χ1v) is 10.2. The van der Waals surface area contributed by atoms with Crippen LogP contribution in [0.4, 0.5) is 5.69 Å². The van der Waals surface area contributed by atoms with Gasteiger partial charge in [-0.2, -0.15) is 5.26 Å². The minimum absolute atomic E-state index is 0.208. The predicted octanol–water partition coefficient (Wildman–Crippen LogP) is 1.55. The zero-order valence-corrected chi connectivity index (χ0v) is 15.2. The Morgan fingerprint density at radius 3 is 2.74 bits per heavy atom. The summed E-state index contributed by atoms with van der Waals surface area (Å²) in [7, 11) is -3.75. The van der Waals surface area contributed by atoms with Gasteiger partial charge >= 0.3 is 0 Å². The van der Waals surface area contributed by atoms with Gasteiger partial charge in [0, 0.05) is 49.4 Å². The number of aromatic nitrogens is 2. The van der Waals surface area contributed by atoms with Crippen LogP contribution in [-0.4, -0.2) is 43.1 Å². The van der Waals surface area contributed by atoms with Crippen LogP contribution in [0, 0.1) is 17.2 Å². The molecule has 0 aliphatic carbocycles. The summed E-state index contributed by atoms with van der Waals surface area (Å²) in [5, 5.41) is 13.6. The quantitative estimate of drug-likeness (QED) is 0.743. The normalized spacial score (nSPS) is 21.7. The second kappa shape index (κ2) is 5.81. The van der Waals surface area contributed by atoms with Crippen molar-refractivity contribution in [2.75, 3.05) is 24.5 Å². The van der Waals surface area contributed by atoms with Gasteiger partial charge in [-0.3, -0.25) is 0 Å². The Kier molecular flexibility index (Phi) is 3.50. The number of hydrogen-bond donors (Lipinski definition) is 1. The molecule has 0 amide bonds. The highest BCUT2D eigenvalue weighted by atomic mass is 32.2. The molecule has 7 nitrogen and oxygen atoms in total. The lowest BCUT2D eigenvalue weighted by Crippen LogP contribution is -2.56. The second-order valence-electron chi connectivity index (χ2n) is 6.94. The van der Waals surface area contributed by atoms with E-state index in [2.05, 4.69) is 21.3 Å². The van der Waals surface area contributed by atoms with E-state index >= 15 is 0 Å². The molecule has 136 valence electrons. The van der Waals surface area contributed by atoms with Gasteiger partial charge in [-0.25, -0.2) is 17.4 Å². The summed E-state index contributed by atoms with van der Waals surface area (Å²) in [6.45, 7) is 2.73. The second-order valence-corrected chi connectivity index (χ2v) is 8.75. The summed E-state index contributed by atoms with van der Waals surface area (Å²) in [5.41, 5.74) is 1.61. The van der Waals surface area contributed by atoms with Crippen molar-refractivity contribution >= 4 is 26.7 Å². The third-order valence-electron chi connectivity index (χ3n) is 5.50. The molecule has 1 N–H and O–H groups in total. The highest BCUT2D eigenvalue weighted by Gasteiger charge is 2.43. The van der Waals surface area contributed by atoms with Crippen LogP contribution < -0.4 is 10.2 Å². The van der Waals surface area contributed by atoms with Crippen LogP contribution in [-0.2, 0) is 10.0 Å². The molecule has 0 bridgehead atoms. The molecule has 2 unspecified atom stereocenters. The fraction of sp³-hybridized carbons (Fsp3) is 0.263. The summed E-state index contributed by atoms with van der Waals surface area (Å²) < 4.78 is 27.3. The molecule has 27 heavy (non-hydrogen) atoms. The average molecular weight is 379 g/mol. The van der Waals surface area contributed by atoms with Crippen LogP contribution in [0.15, 0.2) is 53.7 Å². The molecule has 3 aromatic rings. The van der Waals surface area contributed by atoms with Crippen molar-refractivity contribution in [3.63, 3.8) is 0 Å². The zero-order valence-electron chi connectivity index (χ0n) is 14.4. The van der Waals surface area contributed by atoms with Crippen molar-refractivity contribution in [1.82, 2.24) is 14.3 Å². The smallest absolute Gasteiger partial charge is 0.269 e. The van der Waals surface area contributed by atoms with Gasteiger partial charge in [0.25, 0.3) is 10.0 Å². The summed E-state index contributed by atoms with van der Waals surface area (Å²) in [4.78, 5) is 6.72. The van der Waals surface area contributed by atoms with Crippen LogP contribution in [0.5, 0.6) is 0 Å². The molecule has 2 saturated heterocycles. The molecule has 0 spiro atoms. The number of rotatable bonds is 3. The number of nitrogens with zero attached hydrogens (tertiary/aromatic N) is 4.